The number of halogens is 1. The van der Waals surface area contributed by atoms with Crippen LogP contribution in [-0.4, -0.2) is 45.3 Å². The SMILES string of the molecule is COc1ccc(CN(C)C(=O)C2(c3ccc(Br)cc3)CCOCC2)c(OC)c1. The molecule has 2 aromatic carbocycles. The lowest BCUT2D eigenvalue weighted by atomic mass is 9.73. The van der Waals surface area contributed by atoms with Crippen LogP contribution in [0.3, 0.4) is 0 Å². The van der Waals surface area contributed by atoms with Gasteiger partial charge in [0.25, 0.3) is 0 Å². The van der Waals surface area contributed by atoms with Gasteiger partial charge in [-0.15, -0.1) is 0 Å². The van der Waals surface area contributed by atoms with Crippen LogP contribution in [0.25, 0.3) is 0 Å². The Hall–Kier alpha value is -2.05. The molecule has 2 aromatic rings. The largest absolute Gasteiger partial charge is 0.497 e. The molecule has 0 N–H and O–H groups in total. The molecule has 1 aliphatic heterocycles. The summed E-state index contributed by atoms with van der Waals surface area (Å²) < 4.78 is 17.3. The molecular weight excluding hydrogens is 422 g/mol. The number of rotatable bonds is 6. The fraction of sp³-hybridized carbons (Fsp3) is 0.409. The first-order chi connectivity index (χ1) is 13.5. The van der Waals surface area contributed by atoms with E-state index in [-0.39, 0.29) is 5.91 Å². The standard InChI is InChI=1S/C22H26BrNO4/c1-24(15-16-4-9-19(26-2)14-20(16)27-3)21(25)22(10-12-28-13-11-22)17-5-7-18(23)8-6-17/h4-9,14H,10-13,15H2,1-3H3. The van der Waals surface area contributed by atoms with Gasteiger partial charge in [0, 0.05) is 42.9 Å². The van der Waals surface area contributed by atoms with Crippen LogP contribution in [0.15, 0.2) is 46.9 Å². The summed E-state index contributed by atoms with van der Waals surface area (Å²) in [5, 5.41) is 0. The first-order valence-corrected chi connectivity index (χ1v) is 10.1. The van der Waals surface area contributed by atoms with E-state index in [1.165, 1.54) is 0 Å². The van der Waals surface area contributed by atoms with E-state index in [4.69, 9.17) is 14.2 Å². The van der Waals surface area contributed by atoms with Crippen molar-refractivity contribution in [2.75, 3.05) is 34.5 Å². The van der Waals surface area contributed by atoms with Gasteiger partial charge in [0.05, 0.1) is 19.6 Å². The van der Waals surface area contributed by atoms with Crippen LogP contribution in [0.4, 0.5) is 0 Å². The highest BCUT2D eigenvalue weighted by molar-refractivity contribution is 9.10. The Bertz CT molecular complexity index is 816. The molecule has 0 aliphatic carbocycles. The Labute approximate surface area is 174 Å². The summed E-state index contributed by atoms with van der Waals surface area (Å²) in [6, 6.07) is 13.7. The number of hydrogen-bond acceptors (Lipinski definition) is 4. The first-order valence-electron chi connectivity index (χ1n) is 9.30. The van der Waals surface area contributed by atoms with Gasteiger partial charge in [0.15, 0.2) is 0 Å². The normalized spacial score (nSPS) is 15.7. The molecular formula is C22H26BrNO4. The van der Waals surface area contributed by atoms with Crippen LogP contribution in [-0.2, 0) is 21.5 Å². The number of benzene rings is 2. The summed E-state index contributed by atoms with van der Waals surface area (Å²) in [6.45, 7) is 1.63. The molecule has 0 atom stereocenters. The van der Waals surface area contributed by atoms with Crippen molar-refractivity contribution in [3.8, 4) is 11.5 Å². The molecule has 0 aromatic heterocycles. The van der Waals surface area contributed by atoms with Gasteiger partial charge in [-0.25, -0.2) is 0 Å². The third-order valence-corrected chi connectivity index (χ3v) is 5.93. The Balaban J connectivity index is 1.88. The average molecular weight is 448 g/mol. The topological polar surface area (TPSA) is 48.0 Å². The Kier molecular flexibility index (Phi) is 6.62. The van der Waals surface area contributed by atoms with Gasteiger partial charge < -0.3 is 19.1 Å². The number of ether oxygens (including phenoxy) is 3. The highest BCUT2D eigenvalue weighted by atomic mass is 79.9. The second-order valence-electron chi connectivity index (χ2n) is 7.04. The lowest BCUT2D eigenvalue weighted by Crippen LogP contribution is -2.48. The van der Waals surface area contributed by atoms with Crippen LogP contribution in [0, 0.1) is 0 Å². The zero-order chi connectivity index (χ0) is 20.1. The highest BCUT2D eigenvalue weighted by Gasteiger charge is 2.43. The molecule has 1 saturated heterocycles. The van der Waals surface area contributed by atoms with Crippen molar-refractivity contribution in [3.63, 3.8) is 0 Å². The van der Waals surface area contributed by atoms with Gasteiger partial charge in [-0.3, -0.25) is 4.79 Å². The molecule has 0 radical (unpaired) electrons. The predicted octanol–water partition coefficient (Wildman–Crippen LogP) is 4.17. The van der Waals surface area contributed by atoms with Crippen molar-refractivity contribution in [1.82, 2.24) is 4.90 Å². The molecule has 3 rings (SSSR count). The fourth-order valence-corrected chi connectivity index (χ4v) is 4.05. The molecule has 0 unspecified atom stereocenters. The number of nitrogens with zero attached hydrogens (tertiary/aromatic N) is 1. The highest BCUT2D eigenvalue weighted by Crippen LogP contribution is 2.38. The molecule has 5 nitrogen and oxygen atoms in total. The van der Waals surface area contributed by atoms with Crippen molar-refractivity contribution in [1.29, 1.82) is 0 Å². The van der Waals surface area contributed by atoms with Gasteiger partial charge in [-0.05, 0) is 42.7 Å². The zero-order valence-corrected chi connectivity index (χ0v) is 18.1. The van der Waals surface area contributed by atoms with Crippen LogP contribution in [0.2, 0.25) is 0 Å². The van der Waals surface area contributed by atoms with E-state index in [1.54, 1.807) is 19.1 Å². The number of hydrogen-bond donors (Lipinski definition) is 0. The summed E-state index contributed by atoms with van der Waals surface area (Å²) in [5.74, 6) is 1.55. The van der Waals surface area contributed by atoms with Crippen molar-refractivity contribution in [2.45, 2.75) is 24.8 Å². The van der Waals surface area contributed by atoms with Crippen molar-refractivity contribution >= 4 is 21.8 Å². The van der Waals surface area contributed by atoms with Gasteiger partial charge in [-0.2, -0.15) is 0 Å². The van der Waals surface area contributed by atoms with E-state index in [9.17, 15) is 4.79 Å². The van der Waals surface area contributed by atoms with Crippen LogP contribution in [0.1, 0.15) is 24.0 Å². The fourth-order valence-electron chi connectivity index (χ4n) is 3.79. The third kappa shape index (κ3) is 4.18. The lowest BCUT2D eigenvalue weighted by Gasteiger charge is -2.39. The third-order valence-electron chi connectivity index (χ3n) is 5.40. The minimum absolute atomic E-state index is 0.107. The summed E-state index contributed by atoms with van der Waals surface area (Å²) in [4.78, 5) is 15.4. The van der Waals surface area contributed by atoms with E-state index < -0.39 is 5.41 Å². The molecule has 1 fully saturated rings. The monoisotopic (exact) mass is 447 g/mol. The maximum absolute atomic E-state index is 13.6. The van der Waals surface area contributed by atoms with E-state index in [1.807, 2.05) is 49.5 Å². The van der Waals surface area contributed by atoms with Gasteiger partial charge >= 0.3 is 0 Å². The molecule has 6 heteroatoms. The second kappa shape index (κ2) is 8.97. The molecule has 1 aliphatic rings. The predicted molar refractivity (Wildman–Crippen MR) is 112 cm³/mol. The van der Waals surface area contributed by atoms with E-state index in [2.05, 4.69) is 15.9 Å². The molecule has 150 valence electrons. The zero-order valence-electron chi connectivity index (χ0n) is 16.5. The van der Waals surface area contributed by atoms with Crippen LogP contribution >= 0.6 is 15.9 Å². The molecule has 0 saturated carbocycles. The Morgan fingerprint density at radius 3 is 2.39 bits per heavy atom. The number of likely N-dealkylation sites (N-methyl/N-ethyl adjacent to an activating group) is 1. The lowest BCUT2D eigenvalue weighted by molar-refractivity contribution is -0.140. The second-order valence-corrected chi connectivity index (χ2v) is 7.96. The molecule has 0 bridgehead atoms. The quantitative estimate of drug-likeness (QED) is 0.666. The summed E-state index contributed by atoms with van der Waals surface area (Å²) in [7, 11) is 5.10. The molecule has 0 spiro atoms. The Morgan fingerprint density at radius 2 is 1.79 bits per heavy atom. The van der Waals surface area contributed by atoms with Gasteiger partial charge in [0.2, 0.25) is 5.91 Å². The molecule has 1 heterocycles. The average Bonchev–Trinajstić information content (AvgIpc) is 2.74. The summed E-state index contributed by atoms with van der Waals surface area (Å²) in [5.41, 5.74) is 1.42. The number of amides is 1. The van der Waals surface area contributed by atoms with Gasteiger partial charge in [-0.1, -0.05) is 28.1 Å². The maximum atomic E-state index is 13.6. The minimum atomic E-state index is -0.562. The summed E-state index contributed by atoms with van der Waals surface area (Å²) >= 11 is 3.48. The first kappa shape index (κ1) is 20.7. The van der Waals surface area contributed by atoms with E-state index in [0.29, 0.717) is 38.3 Å². The molecule has 1 amide bonds. The minimum Gasteiger partial charge on any atom is -0.497 e. The van der Waals surface area contributed by atoms with Gasteiger partial charge in [0.1, 0.15) is 11.5 Å². The van der Waals surface area contributed by atoms with E-state index in [0.717, 1.165) is 21.3 Å². The van der Waals surface area contributed by atoms with Crippen molar-refractivity contribution < 1.29 is 19.0 Å². The van der Waals surface area contributed by atoms with Crippen molar-refractivity contribution in [2.24, 2.45) is 0 Å². The van der Waals surface area contributed by atoms with Crippen LogP contribution < -0.4 is 9.47 Å². The number of carbonyl (C=O) groups excluding carboxylic acids is 1. The van der Waals surface area contributed by atoms with Crippen LogP contribution in [0.5, 0.6) is 11.5 Å². The number of methoxy groups -OCH3 is 2. The maximum Gasteiger partial charge on any atom is 0.233 e. The van der Waals surface area contributed by atoms with E-state index >= 15 is 0 Å². The Morgan fingerprint density at radius 1 is 1.11 bits per heavy atom. The smallest absolute Gasteiger partial charge is 0.233 e. The number of carbonyl (C=O) groups is 1. The van der Waals surface area contributed by atoms with Crippen molar-refractivity contribution in [3.05, 3.63) is 58.1 Å². The summed E-state index contributed by atoms with van der Waals surface area (Å²) in [6.07, 6.45) is 1.36. The molecule has 28 heavy (non-hydrogen) atoms.